The van der Waals surface area contributed by atoms with Crippen LogP contribution in [-0.2, 0) is 23.1 Å². The van der Waals surface area contributed by atoms with Crippen LogP contribution in [0, 0.1) is 0 Å². The van der Waals surface area contributed by atoms with Crippen molar-refractivity contribution < 1.29 is 22.8 Å². The molecule has 1 aromatic heterocycles. The number of benzene rings is 1. The summed E-state index contributed by atoms with van der Waals surface area (Å²) in [6.45, 7) is -0.181. The number of nitrogens with zero attached hydrogens (tertiary/aromatic N) is 2. The third-order valence-corrected chi connectivity index (χ3v) is 4.23. The second-order valence-electron chi connectivity index (χ2n) is 4.11. The van der Waals surface area contributed by atoms with Crippen LogP contribution in [0.25, 0.3) is 0 Å². The van der Waals surface area contributed by atoms with Gasteiger partial charge in [0.1, 0.15) is 5.75 Å². The Kier molecular flexibility index (Phi) is 4.89. The molecule has 9 heteroatoms. The Morgan fingerprint density at radius 3 is 2.86 bits per heavy atom. The standard InChI is InChI=1S/C12H15N3O5S/c1-19-11-3-2-10(6-9(11)7-16)21(17,18)15-5-4-12-13-8-14-20-12/h2-3,6,8,15-16H,4-5,7H2,1H3. The Hall–Kier alpha value is -1.97. The molecule has 0 aliphatic heterocycles. The number of ether oxygens (including phenoxy) is 1. The van der Waals surface area contributed by atoms with Gasteiger partial charge >= 0.3 is 0 Å². The van der Waals surface area contributed by atoms with Gasteiger partial charge in [0.25, 0.3) is 0 Å². The summed E-state index contributed by atoms with van der Waals surface area (Å²) in [5.41, 5.74) is 0.400. The molecular formula is C12H15N3O5S. The second-order valence-corrected chi connectivity index (χ2v) is 5.88. The average molecular weight is 313 g/mol. The first kappa shape index (κ1) is 15.4. The third-order valence-electron chi connectivity index (χ3n) is 2.77. The molecule has 2 rings (SSSR count). The maximum Gasteiger partial charge on any atom is 0.240 e. The van der Waals surface area contributed by atoms with Crippen molar-refractivity contribution in [3.63, 3.8) is 0 Å². The molecular weight excluding hydrogens is 298 g/mol. The number of methoxy groups -OCH3 is 1. The van der Waals surface area contributed by atoms with Crippen LogP contribution in [0.4, 0.5) is 0 Å². The maximum absolute atomic E-state index is 12.1. The lowest BCUT2D eigenvalue weighted by Gasteiger charge is -2.10. The van der Waals surface area contributed by atoms with Crippen LogP contribution >= 0.6 is 0 Å². The fraction of sp³-hybridized carbons (Fsp3) is 0.333. The Morgan fingerprint density at radius 2 is 2.24 bits per heavy atom. The van der Waals surface area contributed by atoms with Crippen molar-refractivity contribution in [2.24, 2.45) is 0 Å². The van der Waals surface area contributed by atoms with Crippen molar-refractivity contribution in [2.45, 2.75) is 17.9 Å². The lowest BCUT2D eigenvalue weighted by molar-refractivity contribution is 0.273. The lowest BCUT2D eigenvalue weighted by atomic mass is 10.2. The summed E-state index contributed by atoms with van der Waals surface area (Å²) >= 11 is 0. The van der Waals surface area contributed by atoms with E-state index in [-0.39, 0.29) is 18.0 Å². The summed E-state index contributed by atoms with van der Waals surface area (Å²) < 4.78 is 36.5. The van der Waals surface area contributed by atoms with Crippen molar-refractivity contribution in [3.05, 3.63) is 36.0 Å². The number of aliphatic hydroxyl groups is 1. The van der Waals surface area contributed by atoms with E-state index in [4.69, 9.17) is 9.26 Å². The molecule has 1 aromatic carbocycles. The third kappa shape index (κ3) is 3.78. The predicted octanol–water partition coefficient (Wildman–Crippen LogP) is 0.0915. The van der Waals surface area contributed by atoms with Crippen molar-refractivity contribution in [3.8, 4) is 5.75 Å². The molecule has 114 valence electrons. The molecule has 0 spiro atoms. The Bertz CT molecular complexity index is 685. The summed E-state index contributed by atoms with van der Waals surface area (Å²) in [5, 5.41) is 12.7. The van der Waals surface area contributed by atoms with E-state index >= 15 is 0 Å². The quantitative estimate of drug-likeness (QED) is 0.744. The topological polar surface area (TPSA) is 115 Å². The Labute approximate surface area is 121 Å². The van der Waals surface area contributed by atoms with Crippen molar-refractivity contribution in [1.82, 2.24) is 14.9 Å². The van der Waals surface area contributed by atoms with Crippen LogP contribution in [0.15, 0.2) is 33.9 Å². The van der Waals surface area contributed by atoms with E-state index in [2.05, 4.69) is 14.9 Å². The molecule has 8 nitrogen and oxygen atoms in total. The van der Waals surface area contributed by atoms with Gasteiger partial charge < -0.3 is 14.4 Å². The number of sulfonamides is 1. The molecule has 0 unspecified atom stereocenters. The predicted molar refractivity (Wildman–Crippen MR) is 72.1 cm³/mol. The molecule has 0 saturated heterocycles. The molecule has 0 amide bonds. The summed E-state index contributed by atoms with van der Waals surface area (Å²) in [6, 6.07) is 4.28. The van der Waals surface area contributed by atoms with Gasteiger partial charge in [0.15, 0.2) is 6.33 Å². The normalized spacial score (nSPS) is 11.5. The van der Waals surface area contributed by atoms with Crippen LogP contribution in [0.2, 0.25) is 0 Å². The number of aliphatic hydroxyl groups excluding tert-OH is 1. The zero-order valence-corrected chi connectivity index (χ0v) is 12.1. The highest BCUT2D eigenvalue weighted by atomic mass is 32.2. The van der Waals surface area contributed by atoms with Gasteiger partial charge in [-0.05, 0) is 18.2 Å². The SMILES string of the molecule is COc1ccc(S(=O)(=O)NCCc2ncno2)cc1CO. The fourth-order valence-corrected chi connectivity index (χ4v) is 2.81. The molecule has 2 N–H and O–H groups in total. The molecule has 0 saturated carbocycles. The average Bonchev–Trinajstić information content (AvgIpc) is 2.99. The molecule has 0 aliphatic rings. The lowest BCUT2D eigenvalue weighted by Crippen LogP contribution is -2.26. The van der Waals surface area contributed by atoms with E-state index in [9.17, 15) is 13.5 Å². The second kappa shape index (κ2) is 6.66. The van der Waals surface area contributed by atoms with E-state index in [1.807, 2.05) is 0 Å². The molecule has 0 atom stereocenters. The number of nitrogens with one attached hydrogen (secondary N) is 1. The summed E-state index contributed by atoms with van der Waals surface area (Å²) in [4.78, 5) is 3.85. The monoisotopic (exact) mass is 313 g/mol. The van der Waals surface area contributed by atoms with Crippen LogP contribution in [-0.4, -0.2) is 37.3 Å². The first-order valence-corrected chi connectivity index (χ1v) is 7.58. The summed E-state index contributed by atoms with van der Waals surface area (Å²) in [6.07, 6.45) is 1.54. The van der Waals surface area contributed by atoms with E-state index in [1.165, 1.54) is 31.6 Å². The van der Waals surface area contributed by atoms with Gasteiger partial charge in [-0.1, -0.05) is 5.16 Å². The van der Waals surface area contributed by atoms with Gasteiger partial charge in [-0.25, -0.2) is 13.1 Å². The molecule has 0 fully saturated rings. The highest BCUT2D eigenvalue weighted by Gasteiger charge is 2.16. The zero-order chi connectivity index (χ0) is 15.3. The number of hydrogen-bond donors (Lipinski definition) is 2. The molecule has 2 aromatic rings. The van der Waals surface area contributed by atoms with E-state index in [0.717, 1.165) is 0 Å². The minimum atomic E-state index is -3.68. The first-order valence-electron chi connectivity index (χ1n) is 6.10. The Balaban J connectivity index is 2.08. The zero-order valence-electron chi connectivity index (χ0n) is 11.3. The van der Waals surface area contributed by atoms with Gasteiger partial charge in [-0.2, -0.15) is 4.98 Å². The molecule has 1 heterocycles. The summed E-state index contributed by atoms with van der Waals surface area (Å²) in [7, 11) is -2.23. The van der Waals surface area contributed by atoms with Crippen LogP contribution < -0.4 is 9.46 Å². The van der Waals surface area contributed by atoms with Crippen molar-refractivity contribution in [1.29, 1.82) is 0 Å². The molecule has 21 heavy (non-hydrogen) atoms. The molecule has 0 aliphatic carbocycles. The van der Waals surface area contributed by atoms with Gasteiger partial charge in [-0.3, -0.25) is 0 Å². The fourth-order valence-electron chi connectivity index (χ4n) is 1.73. The highest BCUT2D eigenvalue weighted by molar-refractivity contribution is 7.89. The van der Waals surface area contributed by atoms with E-state index < -0.39 is 10.0 Å². The number of aromatic nitrogens is 2. The summed E-state index contributed by atoms with van der Waals surface area (Å²) in [5.74, 6) is 0.783. The van der Waals surface area contributed by atoms with Crippen LogP contribution in [0.1, 0.15) is 11.5 Å². The van der Waals surface area contributed by atoms with Crippen molar-refractivity contribution >= 4 is 10.0 Å². The van der Waals surface area contributed by atoms with E-state index in [0.29, 0.717) is 23.6 Å². The van der Waals surface area contributed by atoms with Gasteiger partial charge in [0.05, 0.1) is 18.6 Å². The van der Waals surface area contributed by atoms with Crippen molar-refractivity contribution in [2.75, 3.05) is 13.7 Å². The smallest absolute Gasteiger partial charge is 0.240 e. The first-order chi connectivity index (χ1) is 10.1. The van der Waals surface area contributed by atoms with Gasteiger partial charge in [0.2, 0.25) is 15.9 Å². The highest BCUT2D eigenvalue weighted by Crippen LogP contribution is 2.22. The maximum atomic E-state index is 12.1. The molecule has 0 bridgehead atoms. The largest absolute Gasteiger partial charge is 0.496 e. The van der Waals surface area contributed by atoms with Gasteiger partial charge in [-0.15, -0.1) is 0 Å². The minimum Gasteiger partial charge on any atom is -0.496 e. The number of hydrogen-bond acceptors (Lipinski definition) is 7. The number of rotatable bonds is 7. The van der Waals surface area contributed by atoms with E-state index in [1.54, 1.807) is 0 Å². The van der Waals surface area contributed by atoms with Crippen LogP contribution in [0.5, 0.6) is 5.75 Å². The molecule has 0 radical (unpaired) electrons. The Morgan fingerprint density at radius 1 is 1.43 bits per heavy atom. The van der Waals surface area contributed by atoms with Gasteiger partial charge in [0, 0.05) is 18.5 Å². The van der Waals surface area contributed by atoms with Crippen LogP contribution in [0.3, 0.4) is 0 Å². The minimum absolute atomic E-state index is 0.0536.